The van der Waals surface area contributed by atoms with Crippen LogP contribution in [0.25, 0.3) is 0 Å². The molecule has 2 aliphatic rings. The minimum absolute atomic E-state index is 0.0207. The molecule has 1 aromatic rings. The molecule has 3 rings (SSSR count). The van der Waals surface area contributed by atoms with Crippen molar-refractivity contribution in [1.82, 2.24) is 9.62 Å². The van der Waals surface area contributed by atoms with Crippen molar-refractivity contribution in [1.29, 1.82) is 0 Å². The molecular formula is C14H22N2O3S2. The maximum absolute atomic E-state index is 12.9. The van der Waals surface area contributed by atoms with E-state index in [1.807, 2.05) is 13.1 Å². The molecule has 0 radical (unpaired) electrons. The highest BCUT2D eigenvalue weighted by Gasteiger charge is 2.41. The number of morpholine rings is 1. The minimum atomic E-state index is -3.39. The van der Waals surface area contributed by atoms with Gasteiger partial charge in [0.25, 0.3) is 10.0 Å². The van der Waals surface area contributed by atoms with Gasteiger partial charge in [-0.1, -0.05) is 12.8 Å². The first kappa shape index (κ1) is 15.4. The highest BCUT2D eigenvalue weighted by molar-refractivity contribution is 7.91. The second-order valence-electron chi connectivity index (χ2n) is 5.63. The van der Waals surface area contributed by atoms with E-state index in [0.717, 1.165) is 30.6 Å². The van der Waals surface area contributed by atoms with Crippen LogP contribution in [0.3, 0.4) is 0 Å². The lowest BCUT2D eigenvalue weighted by Crippen LogP contribution is -2.54. The van der Waals surface area contributed by atoms with Crippen molar-refractivity contribution in [3.8, 4) is 0 Å². The Balaban J connectivity index is 1.85. The van der Waals surface area contributed by atoms with Gasteiger partial charge in [-0.25, -0.2) is 8.42 Å². The molecule has 0 bridgehead atoms. The predicted octanol–water partition coefficient (Wildman–Crippen LogP) is 1.80. The van der Waals surface area contributed by atoms with Crippen molar-refractivity contribution < 1.29 is 13.2 Å². The van der Waals surface area contributed by atoms with E-state index in [2.05, 4.69) is 5.32 Å². The minimum Gasteiger partial charge on any atom is -0.375 e. The number of ether oxygens (including phenoxy) is 1. The maximum atomic E-state index is 12.9. The van der Waals surface area contributed by atoms with Crippen LogP contribution in [-0.2, 0) is 21.3 Å². The molecule has 2 heterocycles. The number of hydrogen-bond donors (Lipinski definition) is 1. The average molecular weight is 330 g/mol. The number of hydrogen-bond acceptors (Lipinski definition) is 5. The first-order valence-electron chi connectivity index (χ1n) is 7.49. The van der Waals surface area contributed by atoms with Crippen LogP contribution in [-0.4, -0.2) is 45.1 Å². The van der Waals surface area contributed by atoms with Gasteiger partial charge < -0.3 is 10.1 Å². The second kappa shape index (κ2) is 6.34. The lowest BCUT2D eigenvalue weighted by atomic mass is 9.91. The van der Waals surface area contributed by atoms with E-state index >= 15 is 0 Å². The van der Waals surface area contributed by atoms with Gasteiger partial charge in [0.2, 0.25) is 0 Å². The summed E-state index contributed by atoms with van der Waals surface area (Å²) in [5, 5.41) is 3.06. The van der Waals surface area contributed by atoms with Gasteiger partial charge in [0.05, 0.1) is 18.8 Å². The van der Waals surface area contributed by atoms with Crippen LogP contribution in [0.1, 0.15) is 30.6 Å². The van der Waals surface area contributed by atoms with Crippen molar-refractivity contribution in [2.45, 2.75) is 48.6 Å². The molecule has 0 aromatic carbocycles. The summed E-state index contributed by atoms with van der Waals surface area (Å²) in [6, 6.07) is 3.65. The zero-order valence-electron chi connectivity index (χ0n) is 12.2. The maximum Gasteiger partial charge on any atom is 0.252 e. The third kappa shape index (κ3) is 3.03. The van der Waals surface area contributed by atoms with Crippen LogP contribution < -0.4 is 5.32 Å². The van der Waals surface area contributed by atoms with Gasteiger partial charge in [-0.2, -0.15) is 4.31 Å². The molecule has 5 nitrogen and oxygen atoms in total. The lowest BCUT2D eigenvalue weighted by Gasteiger charge is -2.42. The molecule has 0 spiro atoms. The summed E-state index contributed by atoms with van der Waals surface area (Å²) in [7, 11) is -1.52. The fourth-order valence-corrected chi connectivity index (χ4v) is 6.40. The molecular weight excluding hydrogens is 308 g/mol. The van der Waals surface area contributed by atoms with E-state index in [-0.39, 0.29) is 12.1 Å². The smallest absolute Gasteiger partial charge is 0.252 e. The number of nitrogens with zero attached hydrogens (tertiary/aromatic N) is 1. The van der Waals surface area contributed by atoms with Gasteiger partial charge in [-0.05, 0) is 32.0 Å². The highest BCUT2D eigenvalue weighted by Crippen LogP contribution is 2.34. The largest absolute Gasteiger partial charge is 0.375 e. The monoisotopic (exact) mass is 330 g/mol. The van der Waals surface area contributed by atoms with Gasteiger partial charge in [0.15, 0.2) is 0 Å². The Hall–Kier alpha value is -0.470. The topological polar surface area (TPSA) is 58.6 Å². The molecule has 2 atom stereocenters. The molecule has 1 N–H and O–H groups in total. The fourth-order valence-electron chi connectivity index (χ4n) is 3.24. The zero-order chi connectivity index (χ0) is 14.9. The molecule has 2 unspecified atom stereocenters. The number of fused-ring (bicyclic) bond motifs is 1. The predicted molar refractivity (Wildman–Crippen MR) is 83.0 cm³/mol. The summed E-state index contributed by atoms with van der Waals surface area (Å²) in [4.78, 5) is 1.05. The molecule has 21 heavy (non-hydrogen) atoms. The lowest BCUT2D eigenvalue weighted by molar-refractivity contribution is -0.0585. The molecule has 1 saturated carbocycles. The van der Waals surface area contributed by atoms with Crippen LogP contribution >= 0.6 is 11.3 Å². The van der Waals surface area contributed by atoms with Crippen molar-refractivity contribution in [3.63, 3.8) is 0 Å². The Labute approximate surface area is 130 Å². The van der Waals surface area contributed by atoms with Gasteiger partial charge in [0, 0.05) is 18.0 Å². The Morgan fingerprint density at radius 3 is 3.00 bits per heavy atom. The summed E-state index contributed by atoms with van der Waals surface area (Å²) in [6.45, 7) is 1.69. The average Bonchev–Trinajstić information content (AvgIpc) is 2.96. The van der Waals surface area contributed by atoms with Crippen LogP contribution in [0.5, 0.6) is 0 Å². The summed E-state index contributed by atoms with van der Waals surface area (Å²) in [5.41, 5.74) is 0. The van der Waals surface area contributed by atoms with E-state index in [1.54, 1.807) is 10.4 Å². The molecule has 1 aromatic heterocycles. The first-order valence-corrected chi connectivity index (χ1v) is 9.75. The number of nitrogens with one attached hydrogen (secondary N) is 1. The molecule has 0 amide bonds. The summed E-state index contributed by atoms with van der Waals surface area (Å²) in [5.74, 6) is 0. The summed E-state index contributed by atoms with van der Waals surface area (Å²) >= 11 is 1.36. The molecule has 1 saturated heterocycles. The third-order valence-corrected chi connectivity index (χ3v) is 7.71. The molecule has 1 aliphatic carbocycles. The van der Waals surface area contributed by atoms with E-state index in [1.165, 1.54) is 11.3 Å². The number of sulfonamides is 1. The zero-order valence-corrected chi connectivity index (χ0v) is 13.9. The van der Waals surface area contributed by atoms with Gasteiger partial charge in [0.1, 0.15) is 4.21 Å². The fraction of sp³-hybridized carbons (Fsp3) is 0.714. The highest BCUT2D eigenvalue weighted by atomic mass is 32.2. The quantitative estimate of drug-likeness (QED) is 0.914. The van der Waals surface area contributed by atoms with Gasteiger partial charge in [-0.15, -0.1) is 11.3 Å². The first-order chi connectivity index (χ1) is 10.1. The standard InChI is InChI=1S/C14H22N2O3S2/c1-15-10-11-6-7-14(20-11)21(17,18)16-8-9-19-13-5-3-2-4-12(13)16/h6-7,12-13,15H,2-5,8-10H2,1H3. The van der Waals surface area contributed by atoms with Crippen LogP contribution in [0.15, 0.2) is 16.3 Å². The number of rotatable bonds is 4. The Morgan fingerprint density at radius 1 is 1.38 bits per heavy atom. The molecule has 2 fully saturated rings. The van der Waals surface area contributed by atoms with Crippen molar-refractivity contribution in [3.05, 3.63) is 17.0 Å². The Morgan fingerprint density at radius 2 is 2.19 bits per heavy atom. The molecule has 118 valence electrons. The SMILES string of the molecule is CNCc1ccc(S(=O)(=O)N2CCOC3CCCCC32)s1. The Kier molecular flexibility index (Phi) is 4.66. The number of thiophene rings is 1. The summed E-state index contributed by atoms with van der Waals surface area (Å²) in [6.07, 6.45) is 4.20. The normalized spacial score (nSPS) is 27.5. The van der Waals surface area contributed by atoms with Gasteiger partial charge in [-0.3, -0.25) is 0 Å². The van der Waals surface area contributed by atoms with E-state index in [0.29, 0.717) is 23.9 Å². The van der Waals surface area contributed by atoms with E-state index < -0.39 is 10.0 Å². The second-order valence-corrected chi connectivity index (χ2v) is 8.91. The Bertz CT molecular complexity index is 583. The molecule has 1 aliphatic heterocycles. The van der Waals surface area contributed by atoms with E-state index in [9.17, 15) is 8.42 Å². The van der Waals surface area contributed by atoms with Crippen LogP contribution in [0, 0.1) is 0 Å². The summed E-state index contributed by atoms with van der Waals surface area (Å²) < 4.78 is 33.8. The van der Waals surface area contributed by atoms with Crippen LogP contribution in [0.4, 0.5) is 0 Å². The van der Waals surface area contributed by atoms with Crippen molar-refractivity contribution in [2.24, 2.45) is 0 Å². The van der Waals surface area contributed by atoms with Crippen molar-refractivity contribution >= 4 is 21.4 Å². The molecule has 7 heteroatoms. The van der Waals surface area contributed by atoms with Crippen molar-refractivity contribution in [2.75, 3.05) is 20.2 Å². The van der Waals surface area contributed by atoms with Crippen LogP contribution in [0.2, 0.25) is 0 Å². The van der Waals surface area contributed by atoms with E-state index in [4.69, 9.17) is 4.74 Å². The van der Waals surface area contributed by atoms with Gasteiger partial charge >= 0.3 is 0 Å². The third-order valence-electron chi connectivity index (χ3n) is 4.23.